The third-order valence-corrected chi connectivity index (χ3v) is 4.25. The number of benzene rings is 2. The van der Waals surface area contributed by atoms with Crippen LogP contribution in [0, 0.1) is 3.57 Å². The number of halogens is 2. The Morgan fingerprint density at radius 3 is 2.58 bits per heavy atom. The van der Waals surface area contributed by atoms with Crippen molar-refractivity contribution in [3.8, 4) is 0 Å². The van der Waals surface area contributed by atoms with Gasteiger partial charge in [0.2, 0.25) is 0 Å². The maximum atomic E-state index is 12.3. The van der Waals surface area contributed by atoms with Crippen LogP contribution in [0.15, 0.2) is 53.0 Å². The standard InChI is InChI=1S/C15H13BrINO/c1-10(11-5-3-2-4-6-11)18-15(19)13-9-12(16)7-8-14(13)17/h2-10H,1H3,(H,18,19)/t10-/m0/s1. The summed E-state index contributed by atoms with van der Waals surface area (Å²) >= 11 is 5.56. The minimum absolute atomic E-state index is 0.0107. The Hall–Kier alpha value is -0.880. The number of amides is 1. The zero-order chi connectivity index (χ0) is 13.8. The van der Waals surface area contributed by atoms with Gasteiger partial charge < -0.3 is 5.32 Å². The van der Waals surface area contributed by atoms with Crippen LogP contribution in [0.4, 0.5) is 0 Å². The Labute approximate surface area is 134 Å². The molecule has 0 unspecified atom stereocenters. The molecule has 0 aliphatic carbocycles. The van der Waals surface area contributed by atoms with Crippen LogP contribution >= 0.6 is 38.5 Å². The molecule has 2 nitrogen and oxygen atoms in total. The van der Waals surface area contributed by atoms with Crippen LogP contribution in [-0.2, 0) is 0 Å². The summed E-state index contributed by atoms with van der Waals surface area (Å²) in [4.78, 5) is 12.3. The molecular formula is C15H13BrINO. The highest BCUT2D eigenvalue weighted by Crippen LogP contribution is 2.20. The van der Waals surface area contributed by atoms with E-state index in [9.17, 15) is 4.79 Å². The molecule has 0 fully saturated rings. The van der Waals surface area contributed by atoms with Crippen molar-refractivity contribution in [3.63, 3.8) is 0 Å². The fraction of sp³-hybridized carbons (Fsp3) is 0.133. The zero-order valence-electron chi connectivity index (χ0n) is 10.4. The number of rotatable bonds is 3. The van der Waals surface area contributed by atoms with Gasteiger partial charge in [-0.2, -0.15) is 0 Å². The normalized spacial score (nSPS) is 11.9. The van der Waals surface area contributed by atoms with Gasteiger partial charge >= 0.3 is 0 Å². The molecule has 0 aromatic heterocycles. The molecule has 98 valence electrons. The van der Waals surface area contributed by atoms with Gasteiger partial charge in [-0.3, -0.25) is 4.79 Å². The molecule has 2 aromatic rings. The SMILES string of the molecule is C[C@H](NC(=O)c1cc(Br)ccc1I)c1ccccc1. The second-order valence-electron chi connectivity index (χ2n) is 4.23. The van der Waals surface area contributed by atoms with Crippen molar-refractivity contribution in [2.24, 2.45) is 0 Å². The highest BCUT2D eigenvalue weighted by Gasteiger charge is 2.14. The van der Waals surface area contributed by atoms with E-state index in [0.29, 0.717) is 5.56 Å². The number of nitrogens with one attached hydrogen (secondary N) is 1. The molecule has 1 amide bonds. The Balaban J connectivity index is 2.15. The molecule has 2 rings (SSSR count). The molecule has 0 aliphatic rings. The van der Waals surface area contributed by atoms with Crippen LogP contribution in [0.1, 0.15) is 28.9 Å². The van der Waals surface area contributed by atoms with Gasteiger partial charge in [-0.1, -0.05) is 46.3 Å². The van der Waals surface area contributed by atoms with E-state index in [2.05, 4.69) is 43.8 Å². The lowest BCUT2D eigenvalue weighted by Crippen LogP contribution is -2.27. The van der Waals surface area contributed by atoms with Gasteiger partial charge in [0.1, 0.15) is 0 Å². The highest BCUT2D eigenvalue weighted by atomic mass is 127. The zero-order valence-corrected chi connectivity index (χ0v) is 14.1. The second-order valence-corrected chi connectivity index (χ2v) is 6.31. The van der Waals surface area contributed by atoms with E-state index in [-0.39, 0.29) is 11.9 Å². The molecule has 0 radical (unpaired) electrons. The van der Waals surface area contributed by atoms with Crippen molar-refractivity contribution in [2.75, 3.05) is 0 Å². The average molecular weight is 430 g/mol. The number of carbonyl (C=O) groups excluding carboxylic acids is 1. The fourth-order valence-electron chi connectivity index (χ4n) is 1.77. The maximum absolute atomic E-state index is 12.3. The summed E-state index contributed by atoms with van der Waals surface area (Å²) in [5.41, 5.74) is 1.79. The summed E-state index contributed by atoms with van der Waals surface area (Å²) in [6.45, 7) is 1.98. The summed E-state index contributed by atoms with van der Waals surface area (Å²) in [6, 6.07) is 15.6. The molecule has 0 bridgehead atoms. The van der Waals surface area contributed by atoms with Crippen LogP contribution in [0.2, 0.25) is 0 Å². The number of hydrogen-bond acceptors (Lipinski definition) is 1. The number of carbonyl (C=O) groups is 1. The van der Waals surface area contributed by atoms with Crippen LogP contribution in [0.3, 0.4) is 0 Å². The predicted molar refractivity (Wildman–Crippen MR) is 89.2 cm³/mol. The molecule has 1 atom stereocenters. The number of hydrogen-bond donors (Lipinski definition) is 1. The van der Waals surface area contributed by atoms with E-state index in [1.165, 1.54) is 0 Å². The van der Waals surface area contributed by atoms with E-state index in [4.69, 9.17) is 0 Å². The molecule has 0 aliphatic heterocycles. The lowest BCUT2D eigenvalue weighted by Gasteiger charge is -2.15. The first-order chi connectivity index (χ1) is 9.08. The average Bonchev–Trinajstić information content (AvgIpc) is 2.42. The molecule has 4 heteroatoms. The molecule has 0 saturated carbocycles. The quantitative estimate of drug-likeness (QED) is 0.712. The van der Waals surface area contributed by atoms with E-state index >= 15 is 0 Å². The topological polar surface area (TPSA) is 29.1 Å². The van der Waals surface area contributed by atoms with Crippen LogP contribution in [0.25, 0.3) is 0 Å². The summed E-state index contributed by atoms with van der Waals surface area (Å²) in [5, 5.41) is 3.02. The summed E-state index contributed by atoms with van der Waals surface area (Å²) in [5.74, 6) is -0.0537. The van der Waals surface area contributed by atoms with Crippen molar-refractivity contribution in [2.45, 2.75) is 13.0 Å². The van der Waals surface area contributed by atoms with E-state index < -0.39 is 0 Å². The van der Waals surface area contributed by atoms with Crippen LogP contribution < -0.4 is 5.32 Å². The molecule has 0 heterocycles. The molecule has 19 heavy (non-hydrogen) atoms. The summed E-state index contributed by atoms with van der Waals surface area (Å²) in [7, 11) is 0. The minimum Gasteiger partial charge on any atom is -0.345 e. The third kappa shape index (κ3) is 3.79. The van der Waals surface area contributed by atoms with Crippen LogP contribution in [-0.4, -0.2) is 5.91 Å². The molecule has 1 N–H and O–H groups in total. The molecule has 0 spiro atoms. The first-order valence-corrected chi connectivity index (χ1v) is 7.76. The van der Waals surface area contributed by atoms with E-state index in [1.54, 1.807) is 0 Å². The summed E-state index contributed by atoms with van der Waals surface area (Å²) in [6.07, 6.45) is 0. The predicted octanol–water partition coefficient (Wildman–Crippen LogP) is 4.54. The Morgan fingerprint density at radius 2 is 1.89 bits per heavy atom. The maximum Gasteiger partial charge on any atom is 0.252 e. The first-order valence-electron chi connectivity index (χ1n) is 5.89. The Morgan fingerprint density at radius 1 is 1.21 bits per heavy atom. The Bertz CT molecular complexity index is 586. The van der Waals surface area contributed by atoms with Gasteiger partial charge in [-0.25, -0.2) is 0 Å². The van der Waals surface area contributed by atoms with Crippen molar-refractivity contribution in [3.05, 3.63) is 67.7 Å². The largest absolute Gasteiger partial charge is 0.345 e. The smallest absolute Gasteiger partial charge is 0.252 e. The van der Waals surface area contributed by atoms with Crippen molar-refractivity contribution < 1.29 is 4.79 Å². The van der Waals surface area contributed by atoms with Crippen molar-refractivity contribution in [1.29, 1.82) is 0 Å². The summed E-state index contributed by atoms with van der Waals surface area (Å²) < 4.78 is 1.85. The minimum atomic E-state index is -0.0537. The third-order valence-electron chi connectivity index (χ3n) is 2.82. The van der Waals surface area contributed by atoms with Gasteiger partial charge in [0.25, 0.3) is 5.91 Å². The first kappa shape index (κ1) is 14.5. The van der Waals surface area contributed by atoms with Gasteiger partial charge in [0, 0.05) is 8.04 Å². The second kappa shape index (κ2) is 6.52. The van der Waals surface area contributed by atoms with Crippen molar-refractivity contribution >= 4 is 44.4 Å². The van der Waals surface area contributed by atoms with Gasteiger partial charge in [-0.05, 0) is 53.3 Å². The lowest BCUT2D eigenvalue weighted by atomic mass is 10.1. The molecule has 0 saturated heterocycles. The highest BCUT2D eigenvalue weighted by molar-refractivity contribution is 14.1. The molecular weight excluding hydrogens is 417 g/mol. The lowest BCUT2D eigenvalue weighted by molar-refractivity contribution is 0.0939. The van der Waals surface area contributed by atoms with Gasteiger partial charge in [0.15, 0.2) is 0 Å². The molecule has 2 aromatic carbocycles. The monoisotopic (exact) mass is 429 g/mol. The van der Waals surface area contributed by atoms with E-state index in [1.807, 2.05) is 55.5 Å². The van der Waals surface area contributed by atoms with Gasteiger partial charge in [-0.15, -0.1) is 0 Å². The van der Waals surface area contributed by atoms with E-state index in [0.717, 1.165) is 13.6 Å². The fourth-order valence-corrected chi connectivity index (χ4v) is 2.71. The van der Waals surface area contributed by atoms with Crippen molar-refractivity contribution in [1.82, 2.24) is 5.32 Å². The van der Waals surface area contributed by atoms with Gasteiger partial charge in [0.05, 0.1) is 11.6 Å². The van der Waals surface area contributed by atoms with Crippen LogP contribution in [0.5, 0.6) is 0 Å². The Kier molecular flexibility index (Phi) is 4.99.